The van der Waals surface area contributed by atoms with Gasteiger partial charge in [0.25, 0.3) is 5.91 Å². The highest BCUT2D eigenvalue weighted by Gasteiger charge is 2.21. The van der Waals surface area contributed by atoms with E-state index in [1.54, 1.807) is 42.6 Å². The maximum Gasteiger partial charge on any atom is 0.333 e. The maximum absolute atomic E-state index is 12.3. The van der Waals surface area contributed by atoms with Crippen molar-refractivity contribution in [3.63, 3.8) is 0 Å². The number of thiophene rings is 1. The monoisotopic (exact) mass is 414 g/mol. The van der Waals surface area contributed by atoms with Crippen LogP contribution in [0.3, 0.4) is 0 Å². The molecule has 3 rings (SSSR count). The third-order valence-corrected chi connectivity index (χ3v) is 5.73. The summed E-state index contributed by atoms with van der Waals surface area (Å²) in [6, 6.07) is 7.58. The minimum Gasteiger partial charge on any atom is -0.425 e. The molecule has 0 spiro atoms. The van der Waals surface area contributed by atoms with Gasteiger partial charge >= 0.3 is 5.97 Å². The fourth-order valence-corrected chi connectivity index (χ4v) is 4.06. The van der Waals surface area contributed by atoms with Gasteiger partial charge < -0.3 is 15.4 Å². The summed E-state index contributed by atoms with van der Waals surface area (Å²) in [5.41, 5.74) is 1.21. The second-order valence-corrected chi connectivity index (χ2v) is 8.19. The Morgan fingerprint density at radius 2 is 1.83 bits per heavy atom. The summed E-state index contributed by atoms with van der Waals surface area (Å²) in [5.74, 6) is -0.0316. The smallest absolute Gasteiger partial charge is 0.333 e. The van der Waals surface area contributed by atoms with Crippen molar-refractivity contribution in [2.24, 2.45) is 5.92 Å². The molecule has 0 bridgehead atoms. The van der Waals surface area contributed by atoms with Crippen molar-refractivity contribution in [1.29, 1.82) is 0 Å². The van der Waals surface area contributed by atoms with Gasteiger partial charge in [-0.3, -0.25) is 9.59 Å². The van der Waals surface area contributed by atoms with Crippen molar-refractivity contribution < 1.29 is 19.1 Å². The number of ether oxygens (including phenoxy) is 1. The van der Waals surface area contributed by atoms with E-state index in [9.17, 15) is 14.4 Å². The van der Waals surface area contributed by atoms with E-state index in [0.717, 1.165) is 12.8 Å². The fraction of sp³-hybridized carbons (Fsp3) is 0.409. The van der Waals surface area contributed by atoms with Crippen LogP contribution in [0.1, 0.15) is 55.8 Å². The minimum absolute atomic E-state index is 0.104. The Bertz CT molecular complexity index is 827. The Morgan fingerprint density at radius 3 is 2.48 bits per heavy atom. The van der Waals surface area contributed by atoms with Gasteiger partial charge in [-0.2, -0.15) is 11.3 Å². The van der Waals surface area contributed by atoms with E-state index in [1.807, 2.05) is 5.38 Å². The number of carbonyl (C=O) groups is 3. The fourth-order valence-electron chi connectivity index (χ4n) is 3.42. The summed E-state index contributed by atoms with van der Waals surface area (Å²) in [6.45, 7) is 1.62. The first-order valence-corrected chi connectivity index (χ1v) is 10.9. The number of esters is 1. The summed E-state index contributed by atoms with van der Waals surface area (Å²) in [6.07, 6.45) is 6.25. The second-order valence-electron chi connectivity index (χ2n) is 7.41. The quantitative estimate of drug-likeness (QED) is 0.520. The molecule has 1 heterocycles. The Balaban J connectivity index is 1.45. The van der Waals surface area contributed by atoms with Crippen LogP contribution >= 0.6 is 11.3 Å². The highest BCUT2D eigenvalue weighted by Crippen LogP contribution is 2.26. The van der Waals surface area contributed by atoms with Gasteiger partial charge in [0.2, 0.25) is 5.91 Å². The molecule has 1 aromatic carbocycles. The molecule has 1 saturated carbocycles. The van der Waals surface area contributed by atoms with Crippen molar-refractivity contribution in [1.82, 2.24) is 5.32 Å². The zero-order chi connectivity index (χ0) is 20.6. The Kier molecular flexibility index (Phi) is 7.41. The lowest BCUT2D eigenvalue weighted by Gasteiger charge is -2.21. The summed E-state index contributed by atoms with van der Waals surface area (Å²) in [4.78, 5) is 36.5. The van der Waals surface area contributed by atoms with Gasteiger partial charge in [-0.25, -0.2) is 4.79 Å². The molecule has 1 atom stereocenters. The first kappa shape index (κ1) is 21.0. The average Bonchev–Trinajstić information content (AvgIpc) is 3.25. The standard InChI is InChI=1S/C22H26N2O4S/c1-15(23-20(25)13-16-5-3-2-4-6-16)22(27)28-19-9-7-18(8-10-19)24-21(26)17-11-12-29-14-17/h7-12,14-16H,2-6,13H2,1H3,(H,23,25)(H,24,26). The van der Waals surface area contributed by atoms with Crippen molar-refractivity contribution in [2.75, 3.05) is 5.32 Å². The van der Waals surface area contributed by atoms with Crippen LogP contribution in [-0.4, -0.2) is 23.8 Å². The van der Waals surface area contributed by atoms with E-state index in [-0.39, 0.29) is 11.8 Å². The summed E-state index contributed by atoms with van der Waals surface area (Å²) < 4.78 is 5.33. The molecule has 2 N–H and O–H groups in total. The van der Waals surface area contributed by atoms with E-state index in [1.165, 1.54) is 30.6 Å². The molecular formula is C22H26N2O4S. The topological polar surface area (TPSA) is 84.5 Å². The lowest BCUT2D eigenvalue weighted by atomic mass is 9.87. The van der Waals surface area contributed by atoms with E-state index >= 15 is 0 Å². The highest BCUT2D eigenvalue weighted by molar-refractivity contribution is 7.08. The minimum atomic E-state index is -0.718. The van der Waals surface area contributed by atoms with Gasteiger partial charge in [-0.15, -0.1) is 0 Å². The number of hydrogen-bond acceptors (Lipinski definition) is 5. The summed E-state index contributed by atoms with van der Waals surface area (Å²) >= 11 is 1.46. The van der Waals surface area contributed by atoms with Gasteiger partial charge in [0.1, 0.15) is 11.8 Å². The molecule has 0 radical (unpaired) electrons. The Hall–Kier alpha value is -2.67. The van der Waals surface area contributed by atoms with E-state index in [0.29, 0.717) is 29.3 Å². The second kappa shape index (κ2) is 10.2. The first-order chi connectivity index (χ1) is 14.0. The van der Waals surface area contributed by atoms with Crippen molar-refractivity contribution in [3.8, 4) is 5.75 Å². The van der Waals surface area contributed by atoms with Gasteiger partial charge in [-0.1, -0.05) is 19.3 Å². The number of rotatable bonds is 7. The largest absolute Gasteiger partial charge is 0.425 e. The number of anilines is 1. The van der Waals surface area contributed by atoms with E-state index in [2.05, 4.69) is 10.6 Å². The van der Waals surface area contributed by atoms with Crippen LogP contribution in [0, 0.1) is 5.92 Å². The molecule has 1 aliphatic rings. The maximum atomic E-state index is 12.3. The van der Waals surface area contributed by atoms with Crippen molar-refractivity contribution >= 4 is 34.8 Å². The molecular weight excluding hydrogens is 388 g/mol. The predicted octanol–water partition coefficient (Wildman–Crippen LogP) is 4.38. The molecule has 1 unspecified atom stereocenters. The van der Waals surface area contributed by atoms with Crippen molar-refractivity contribution in [2.45, 2.75) is 51.5 Å². The molecule has 154 valence electrons. The molecule has 1 aromatic heterocycles. The normalized spacial score (nSPS) is 15.3. The van der Waals surface area contributed by atoms with Crippen LogP contribution in [0.25, 0.3) is 0 Å². The van der Waals surface area contributed by atoms with Gasteiger partial charge in [0.05, 0.1) is 5.56 Å². The van der Waals surface area contributed by atoms with Crippen LogP contribution in [0.5, 0.6) is 5.75 Å². The van der Waals surface area contributed by atoms with E-state index in [4.69, 9.17) is 4.74 Å². The number of nitrogens with one attached hydrogen (secondary N) is 2. The molecule has 1 fully saturated rings. The molecule has 0 saturated heterocycles. The Morgan fingerprint density at radius 1 is 1.10 bits per heavy atom. The van der Waals surface area contributed by atoms with Gasteiger partial charge in [0.15, 0.2) is 0 Å². The molecule has 7 heteroatoms. The number of hydrogen-bond donors (Lipinski definition) is 2. The van der Waals surface area contributed by atoms with Gasteiger partial charge in [0, 0.05) is 17.5 Å². The zero-order valence-corrected chi connectivity index (χ0v) is 17.3. The van der Waals surface area contributed by atoms with E-state index < -0.39 is 12.0 Å². The summed E-state index contributed by atoms with van der Waals surface area (Å²) in [5, 5.41) is 9.13. The lowest BCUT2D eigenvalue weighted by Crippen LogP contribution is -2.41. The van der Waals surface area contributed by atoms with Gasteiger partial charge in [-0.05, 0) is 61.4 Å². The van der Waals surface area contributed by atoms with Crippen LogP contribution in [-0.2, 0) is 9.59 Å². The number of carbonyl (C=O) groups excluding carboxylic acids is 3. The third-order valence-electron chi connectivity index (χ3n) is 5.04. The van der Waals surface area contributed by atoms with Crippen LogP contribution in [0.4, 0.5) is 5.69 Å². The third kappa shape index (κ3) is 6.42. The van der Waals surface area contributed by atoms with Crippen LogP contribution < -0.4 is 15.4 Å². The Labute approximate surface area is 174 Å². The zero-order valence-electron chi connectivity index (χ0n) is 16.5. The SMILES string of the molecule is CC(NC(=O)CC1CCCCC1)C(=O)Oc1ccc(NC(=O)c2ccsc2)cc1. The number of amides is 2. The molecule has 0 aliphatic heterocycles. The summed E-state index contributed by atoms with van der Waals surface area (Å²) in [7, 11) is 0. The van der Waals surface area contributed by atoms with Crippen LogP contribution in [0.2, 0.25) is 0 Å². The van der Waals surface area contributed by atoms with Crippen LogP contribution in [0.15, 0.2) is 41.1 Å². The molecule has 1 aliphatic carbocycles. The molecule has 2 aromatic rings. The van der Waals surface area contributed by atoms with Crippen molar-refractivity contribution in [3.05, 3.63) is 46.7 Å². The lowest BCUT2D eigenvalue weighted by molar-refractivity contribution is -0.139. The highest BCUT2D eigenvalue weighted by atomic mass is 32.1. The predicted molar refractivity (Wildman–Crippen MR) is 113 cm³/mol. The number of benzene rings is 1. The average molecular weight is 415 g/mol. The molecule has 2 amide bonds. The first-order valence-electron chi connectivity index (χ1n) is 9.96. The molecule has 6 nitrogen and oxygen atoms in total. The molecule has 29 heavy (non-hydrogen) atoms.